The van der Waals surface area contributed by atoms with Crippen LogP contribution in [-0.4, -0.2) is 23.0 Å². The number of carbonyl (C=O) groups excluding carboxylic acids is 2. The van der Waals surface area contributed by atoms with Crippen LogP contribution in [0.5, 0.6) is 5.75 Å². The van der Waals surface area contributed by atoms with Crippen molar-refractivity contribution in [2.45, 2.75) is 12.9 Å². The van der Waals surface area contributed by atoms with Gasteiger partial charge in [0.25, 0.3) is 6.29 Å². The molecule has 1 N–H and O–H groups in total. The molecule has 0 aromatic heterocycles. The first-order valence-electron chi connectivity index (χ1n) is 9.73. The van der Waals surface area contributed by atoms with Crippen molar-refractivity contribution >= 4 is 24.0 Å². The van der Waals surface area contributed by atoms with Crippen LogP contribution in [-0.2, 0) is 25.7 Å². The van der Waals surface area contributed by atoms with Gasteiger partial charge >= 0.3 is 17.9 Å². The van der Waals surface area contributed by atoms with Crippen LogP contribution in [0, 0.1) is 0 Å². The van der Waals surface area contributed by atoms with E-state index < -0.39 is 24.2 Å². The smallest absolute Gasteiger partial charge is 0.348 e. The maximum absolute atomic E-state index is 12.3. The maximum Gasteiger partial charge on any atom is 0.348 e. The Hall–Kier alpha value is -4.39. The number of cyclic esters (lactones) is 2. The zero-order valence-electron chi connectivity index (χ0n) is 16.8. The highest BCUT2D eigenvalue weighted by Gasteiger charge is 2.34. The van der Waals surface area contributed by atoms with Gasteiger partial charge in [-0.2, -0.15) is 0 Å². The van der Waals surface area contributed by atoms with E-state index in [-0.39, 0.29) is 17.7 Å². The molecule has 160 valence electrons. The molecular formula is C25H18O7. The first-order chi connectivity index (χ1) is 15.5. The summed E-state index contributed by atoms with van der Waals surface area (Å²) in [6.07, 6.45) is 0.329. The number of hydrogen-bond acceptors (Lipinski definition) is 6. The number of carbonyl (C=O) groups is 3. The summed E-state index contributed by atoms with van der Waals surface area (Å²) >= 11 is 0. The molecule has 0 spiro atoms. The number of carboxylic acids is 1. The first-order valence-corrected chi connectivity index (χ1v) is 9.73. The molecule has 1 aliphatic heterocycles. The van der Waals surface area contributed by atoms with Crippen molar-refractivity contribution in [3.05, 3.63) is 107 Å². The number of benzene rings is 3. The molecule has 4 rings (SSSR count). The van der Waals surface area contributed by atoms with E-state index in [2.05, 4.69) is 0 Å². The van der Waals surface area contributed by atoms with Gasteiger partial charge in [-0.1, -0.05) is 54.6 Å². The monoisotopic (exact) mass is 430 g/mol. The summed E-state index contributed by atoms with van der Waals surface area (Å²) in [7, 11) is 0. The second kappa shape index (κ2) is 9.18. The number of hydrogen-bond donors (Lipinski definition) is 1. The topological polar surface area (TPSA) is 99.1 Å². The summed E-state index contributed by atoms with van der Waals surface area (Å²) in [4.78, 5) is 35.7. The van der Waals surface area contributed by atoms with Crippen molar-refractivity contribution in [2.24, 2.45) is 0 Å². The van der Waals surface area contributed by atoms with E-state index in [4.69, 9.17) is 19.3 Å². The zero-order chi connectivity index (χ0) is 22.5. The van der Waals surface area contributed by atoms with Gasteiger partial charge in [-0.25, -0.2) is 14.4 Å². The van der Waals surface area contributed by atoms with Crippen molar-refractivity contribution in [3.63, 3.8) is 0 Å². The number of rotatable bonds is 6. The lowest BCUT2D eigenvalue weighted by Crippen LogP contribution is -2.29. The van der Waals surface area contributed by atoms with E-state index in [1.165, 1.54) is 12.1 Å². The molecule has 7 nitrogen and oxygen atoms in total. The molecule has 0 amide bonds. The zero-order valence-corrected chi connectivity index (χ0v) is 16.8. The van der Waals surface area contributed by atoms with E-state index >= 15 is 0 Å². The summed E-state index contributed by atoms with van der Waals surface area (Å²) < 4.78 is 16.2. The normalized spacial score (nSPS) is 15.5. The molecule has 1 fully saturated rings. The number of esters is 2. The Labute approximate surface area is 183 Å². The van der Waals surface area contributed by atoms with Crippen molar-refractivity contribution in [1.29, 1.82) is 0 Å². The van der Waals surface area contributed by atoms with Crippen LogP contribution in [0.1, 0.15) is 33.3 Å². The molecule has 0 unspecified atom stereocenters. The number of carboxylic acid groups (broad SMARTS) is 1. The molecule has 0 aliphatic carbocycles. The van der Waals surface area contributed by atoms with Gasteiger partial charge in [-0.3, -0.25) is 0 Å². The molecule has 3 aromatic carbocycles. The fourth-order valence-electron chi connectivity index (χ4n) is 3.08. The molecule has 3 aromatic rings. The Kier molecular flexibility index (Phi) is 5.98. The van der Waals surface area contributed by atoms with Gasteiger partial charge in [0, 0.05) is 5.56 Å². The molecule has 1 heterocycles. The van der Waals surface area contributed by atoms with E-state index in [0.717, 1.165) is 5.56 Å². The maximum atomic E-state index is 12.3. The third-order valence-electron chi connectivity index (χ3n) is 4.71. The van der Waals surface area contributed by atoms with E-state index in [9.17, 15) is 14.4 Å². The van der Waals surface area contributed by atoms with Crippen LogP contribution in [0.25, 0.3) is 6.08 Å². The summed E-state index contributed by atoms with van der Waals surface area (Å²) in [6, 6.07) is 21.9. The standard InChI is InChI=1S/C25H18O7/c26-22(27)19-8-4-5-17(13-19)15-30-20-11-9-16(10-12-20)14-21-23(28)31-25(32-24(21)29)18-6-2-1-3-7-18/h1-14,25H,15H2,(H,26,27). The average Bonchev–Trinajstić information content (AvgIpc) is 2.81. The SMILES string of the molecule is O=C1OC(c2ccccc2)OC(=O)C1=Cc1ccc(OCc2cccc(C(=O)O)c2)cc1. The molecule has 0 bridgehead atoms. The minimum Gasteiger partial charge on any atom is -0.489 e. The molecule has 0 atom stereocenters. The van der Waals surface area contributed by atoms with Gasteiger partial charge in [0.15, 0.2) is 0 Å². The molecule has 32 heavy (non-hydrogen) atoms. The molecular weight excluding hydrogens is 412 g/mol. The van der Waals surface area contributed by atoms with Crippen LogP contribution in [0.2, 0.25) is 0 Å². The van der Waals surface area contributed by atoms with Crippen molar-refractivity contribution in [1.82, 2.24) is 0 Å². The molecule has 7 heteroatoms. The summed E-state index contributed by atoms with van der Waals surface area (Å²) in [6.45, 7) is 0.196. The van der Waals surface area contributed by atoms with Crippen LogP contribution < -0.4 is 4.74 Å². The Morgan fingerprint density at radius 1 is 0.906 bits per heavy atom. The summed E-state index contributed by atoms with van der Waals surface area (Å²) in [5, 5.41) is 9.06. The second-order valence-electron chi connectivity index (χ2n) is 6.97. The highest BCUT2D eigenvalue weighted by atomic mass is 16.7. The summed E-state index contributed by atoms with van der Waals surface area (Å²) in [5.74, 6) is -1.97. The molecule has 1 aliphatic rings. The van der Waals surface area contributed by atoms with Crippen LogP contribution >= 0.6 is 0 Å². The van der Waals surface area contributed by atoms with E-state index in [1.807, 2.05) is 6.07 Å². The van der Waals surface area contributed by atoms with Gasteiger partial charge < -0.3 is 19.3 Å². The van der Waals surface area contributed by atoms with Gasteiger partial charge in [0.05, 0.1) is 5.56 Å². The fraction of sp³-hybridized carbons (Fsp3) is 0.0800. The third kappa shape index (κ3) is 4.84. The fourth-order valence-corrected chi connectivity index (χ4v) is 3.08. The Balaban J connectivity index is 1.41. The van der Waals surface area contributed by atoms with Crippen LogP contribution in [0.15, 0.2) is 84.4 Å². The lowest BCUT2D eigenvalue weighted by Gasteiger charge is -2.23. The van der Waals surface area contributed by atoms with Gasteiger partial charge in [-0.05, 0) is 41.5 Å². The summed E-state index contributed by atoms with van der Waals surface area (Å²) in [5.41, 5.74) is 1.87. The Bertz CT molecular complexity index is 1160. The highest BCUT2D eigenvalue weighted by Crippen LogP contribution is 2.27. The highest BCUT2D eigenvalue weighted by molar-refractivity contribution is 6.18. The van der Waals surface area contributed by atoms with Crippen molar-refractivity contribution in [2.75, 3.05) is 0 Å². The van der Waals surface area contributed by atoms with Gasteiger partial charge in [0.1, 0.15) is 17.9 Å². The predicted molar refractivity (Wildman–Crippen MR) is 114 cm³/mol. The second-order valence-corrected chi connectivity index (χ2v) is 6.97. The largest absolute Gasteiger partial charge is 0.489 e. The number of aromatic carboxylic acids is 1. The lowest BCUT2D eigenvalue weighted by molar-refractivity contribution is -0.195. The van der Waals surface area contributed by atoms with Gasteiger partial charge in [-0.15, -0.1) is 0 Å². The minimum absolute atomic E-state index is 0.189. The van der Waals surface area contributed by atoms with Crippen LogP contribution in [0.3, 0.4) is 0 Å². The third-order valence-corrected chi connectivity index (χ3v) is 4.71. The lowest BCUT2D eigenvalue weighted by atomic mass is 10.1. The van der Waals surface area contributed by atoms with Crippen LogP contribution in [0.4, 0.5) is 0 Å². The molecule has 1 saturated heterocycles. The van der Waals surface area contributed by atoms with Crippen molar-refractivity contribution < 1.29 is 33.7 Å². The molecule has 0 saturated carbocycles. The van der Waals surface area contributed by atoms with Crippen molar-refractivity contribution in [3.8, 4) is 5.75 Å². The Morgan fingerprint density at radius 2 is 1.59 bits per heavy atom. The average molecular weight is 430 g/mol. The quantitative estimate of drug-likeness (QED) is 0.356. The minimum atomic E-state index is -1.07. The Morgan fingerprint density at radius 3 is 2.25 bits per heavy atom. The van der Waals surface area contributed by atoms with Gasteiger partial charge in [0.2, 0.25) is 0 Å². The van der Waals surface area contributed by atoms with E-state index in [1.54, 1.807) is 66.7 Å². The predicted octanol–water partition coefficient (Wildman–Crippen LogP) is 4.15. The number of ether oxygens (including phenoxy) is 3. The molecule has 0 radical (unpaired) electrons. The van der Waals surface area contributed by atoms with E-state index in [0.29, 0.717) is 16.9 Å². The first kappa shape index (κ1) is 20.9.